The number of thiophene rings is 1. The third kappa shape index (κ3) is 2.83. The molecular formula is C15H12N4O5S. The highest BCUT2D eigenvalue weighted by Gasteiger charge is 2.50. The molecule has 1 aromatic heterocycles. The smallest absolute Gasteiger partial charge is 0.318 e. The minimum Gasteiger partial charge on any atom is -0.318 e. The Morgan fingerprint density at radius 3 is 2.52 bits per heavy atom. The van der Waals surface area contributed by atoms with E-state index in [4.69, 9.17) is 0 Å². The summed E-state index contributed by atoms with van der Waals surface area (Å²) in [5.41, 5.74) is 1.07. The van der Waals surface area contributed by atoms with Gasteiger partial charge in [-0.25, -0.2) is 4.79 Å². The number of hydrazine groups is 1. The number of urea groups is 1. The number of carbonyl (C=O) groups excluding carboxylic acids is 3. The zero-order chi connectivity index (χ0) is 18.2. The lowest BCUT2D eigenvalue weighted by Crippen LogP contribution is -2.47. The third-order valence-electron chi connectivity index (χ3n) is 3.80. The maximum absolute atomic E-state index is 12.7. The molecule has 1 aliphatic rings. The summed E-state index contributed by atoms with van der Waals surface area (Å²) in [4.78, 5) is 47.4. The minimum atomic E-state index is -1.44. The first-order chi connectivity index (χ1) is 11.8. The van der Waals surface area contributed by atoms with E-state index >= 15 is 0 Å². The molecule has 1 fully saturated rings. The summed E-state index contributed by atoms with van der Waals surface area (Å²) in [5, 5.41) is 15.5. The van der Waals surface area contributed by atoms with Crippen molar-refractivity contribution < 1.29 is 19.3 Å². The highest BCUT2D eigenvalue weighted by atomic mass is 32.1. The monoisotopic (exact) mass is 360 g/mol. The predicted molar refractivity (Wildman–Crippen MR) is 87.6 cm³/mol. The van der Waals surface area contributed by atoms with Crippen LogP contribution in [-0.4, -0.2) is 27.8 Å². The maximum atomic E-state index is 12.7. The summed E-state index contributed by atoms with van der Waals surface area (Å²) < 4.78 is 0. The van der Waals surface area contributed by atoms with Crippen LogP contribution in [0.3, 0.4) is 0 Å². The second kappa shape index (κ2) is 5.98. The Hall–Kier alpha value is -3.27. The minimum absolute atomic E-state index is 0.132. The van der Waals surface area contributed by atoms with Gasteiger partial charge in [-0.15, -0.1) is 11.3 Å². The highest BCUT2D eigenvalue weighted by Crippen LogP contribution is 2.29. The maximum Gasteiger partial charge on any atom is 0.344 e. The van der Waals surface area contributed by atoms with Crippen molar-refractivity contribution in [1.29, 1.82) is 0 Å². The standard InChI is InChI=1S/C15H12N4O5S/c1-15(9-4-6-10(7-5-9)19(23)24)13(21)18(14(22)16-15)17-12(20)11-3-2-8-25-11/h2-8H,1H3,(H,16,22)(H,17,20)/t15-/m1/s1. The van der Waals surface area contributed by atoms with Gasteiger partial charge >= 0.3 is 6.03 Å². The van der Waals surface area contributed by atoms with Crippen molar-refractivity contribution in [3.63, 3.8) is 0 Å². The van der Waals surface area contributed by atoms with Crippen molar-refractivity contribution in [2.24, 2.45) is 0 Å². The van der Waals surface area contributed by atoms with Crippen LogP contribution in [0.2, 0.25) is 0 Å². The molecule has 0 unspecified atom stereocenters. The van der Waals surface area contributed by atoms with Crippen LogP contribution in [0.1, 0.15) is 22.2 Å². The molecule has 0 aliphatic carbocycles. The Kier molecular flexibility index (Phi) is 3.97. The quantitative estimate of drug-likeness (QED) is 0.489. The van der Waals surface area contributed by atoms with E-state index in [9.17, 15) is 24.5 Å². The number of hydrogen-bond acceptors (Lipinski definition) is 6. The summed E-state index contributed by atoms with van der Waals surface area (Å²) in [7, 11) is 0. The van der Waals surface area contributed by atoms with E-state index in [2.05, 4.69) is 10.7 Å². The molecule has 1 aromatic carbocycles. The van der Waals surface area contributed by atoms with Gasteiger partial charge in [-0.3, -0.25) is 25.1 Å². The topological polar surface area (TPSA) is 122 Å². The van der Waals surface area contributed by atoms with Gasteiger partial charge in [0, 0.05) is 12.1 Å². The molecule has 0 saturated carbocycles. The molecule has 1 atom stereocenters. The fraction of sp³-hybridized carbons (Fsp3) is 0.133. The van der Waals surface area contributed by atoms with E-state index in [1.54, 1.807) is 17.5 Å². The lowest BCUT2D eigenvalue weighted by Gasteiger charge is -2.21. The van der Waals surface area contributed by atoms with E-state index in [0.29, 0.717) is 15.4 Å². The summed E-state index contributed by atoms with van der Waals surface area (Å²) in [6.07, 6.45) is 0. The Balaban J connectivity index is 1.84. The number of hydrogen-bond donors (Lipinski definition) is 2. The Labute approximate surface area is 145 Å². The molecule has 3 rings (SSSR count). The fourth-order valence-corrected chi connectivity index (χ4v) is 3.03. The summed E-state index contributed by atoms with van der Waals surface area (Å²) in [6, 6.07) is 7.72. The van der Waals surface area contributed by atoms with E-state index in [1.807, 2.05) is 0 Å². The van der Waals surface area contributed by atoms with Crippen molar-refractivity contribution in [2.75, 3.05) is 0 Å². The molecule has 4 amide bonds. The van der Waals surface area contributed by atoms with Gasteiger partial charge in [0.2, 0.25) is 0 Å². The molecule has 0 bridgehead atoms. The average molecular weight is 360 g/mol. The van der Waals surface area contributed by atoms with Crippen LogP contribution in [0.4, 0.5) is 10.5 Å². The first kappa shape index (κ1) is 16.6. The lowest BCUT2D eigenvalue weighted by molar-refractivity contribution is -0.384. The van der Waals surface area contributed by atoms with E-state index < -0.39 is 28.3 Å². The van der Waals surface area contributed by atoms with Crippen molar-refractivity contribution in [1.82, 2.24) is 15.8 Å². The summed E-state index contributed by atoms with van der Waals surface area (Å²) in [6.45, 7) is 1.46. The number of rotatable bonds is 4. The van der Waals surface area contributed by atoms with Gasteiger partial charge in [-0.1, -0.05) is 6.07 Å². The number of imide groups is 1. The van der Waals surface area contributed by atoms with E-state index in [-0.39, 0.29) is 5.69 Å². The van der Waals surface area contributed by atoms with Gasteiger partial charge in [0.15, 0.2) is 0 Å². The van der Waals surface area contributed by atoms with E-state index in [1.165, 1.54) is 42.5 Å². The number of nitrogens with one attached hydrogen (secondary N) is 2. The van der Waals surface area contributed by atoms with Crippen LogP contribution >= 0.6 is 11.3 Å². The SMILES string of the molecule is C[C@]1(c2ccc([N+](=O)[O-])cc2)NC(=O)N(NC(=O)c2cccs2)C1=O. The van der Waals surface area contributed by atoms with Gasteiger partial charge in [-0.2, -0.15) is 5.01 Å². The largest absolute Gasteiger partial charge is 0.344 e. The summed E-state index contributed by atoms with van der Waals surface area (Å²) in [5.74, 6) is -1.26. The number of amides is 4. The van der Waals surface area contributed by atoms with Crippen LogP contribution in [0.5, 0.6) is 0 Å². The van der Waals surface area contributed by atoms with Crippen LogP contribution in [0, 0.1) is 10.1 Å². The molecule has 9 nitrogen and oxygen atoms in total. The molecule has 128 valence electrons. The Bertz CT molecular complexity index is 865. The molecule has 1 aliphatic heterocycles. The van der Waals surface area contributed by atoms with Gasteiger partial charge in [-0.05, 0) is 36.1 Å². The van der Waals surface area contributed by atoms with Crippen molar-refractivity contribution in [2.45, 2.75) is 12.5 Å². The third-order valence-corrected chi connectivity index (χ3v) is 4.67. The first-order valence-corrected chi connectivity index (χ1v) is 7.97. The number of non-ortho nitro benzene ring substituents is 1. The first-order valence-electron chi connectivity index (χ1n) is 7.09. The molecule has 10 heteroatoms. The normalized spacial score (nSPS) is 19.6. The van der Waals surface area contributed by atoms with Crippen molar-refractivity contribution >= 4 is 34.9 Å². The molecule has 2 heterocycles. The number of benzene rings is 1. The molecule has 0 radical (unpaired) electrons. The second-order valence-corrected chi connectivity index (χ2v) is 6.37. The van der Waals surface area contributed by atoms with Crippen molar-refractivity contribution in [3.8, 4) is 0 Å². The van der Waals surface area contributed by atoms with Crippen LogP contribution in [-0.2, 0) is 10.3 Å². The molecule has 2 N–H and O–H groups in total. The summed E-state index contributed by atoms with van der Waals surface area (Å²) >= 11 is 1.17. The fourth-order valence-electron chi connectivity index (χ4n) is 2.42. The van der Waals surface area contributed by atoms with Gasteiger partial charge in [0.05, 0.1) is 9.80 Å². The van der Waals surface area contributed by atoms with E-state index in [0.717, 1.165) is 0 Å². The molecule has 0 spiro atoms. The van der Waals surface area contributed by atoms with Crippen LogP contribution < -0.4 is 10.7 Å². The number of nitro benzene ring substituents is 1. The van der Waals surface area contributed by atoms with Gasteiger partial charge in [0.1, 0.15) is 5.54 Å². The Morgan fingerprint density at radius 1 is 1.28 bits per heavy atom. The second-order valence-electron chi connectivity index (χ2n) is 5.42. The molecular weight excluding hydrogens is 348 g/mol. The molecule has 2 aromatic rings. The van der Waals surface area contributed by atoms with Crippen molar-refractivity contribution in [3.05, 3.63) is 62.3 Å². The zero-order valence-electron chi connectivity index (χ0n) is 12.9. The molecule has 1 saturated heterocycles. The lowest BCUT2D eigenvalue weighted by atomic mass is 9.92. The number of nitro groups is 1. The number of carbonyl (C=O) groups is 3. The average Bonchev–Trinajstić information content (AvgIpc) is 3.19. The predicted octanol–water partition coefficient (Wildman–Crippen LogP) is 1.77. The Morgan fingerprint density at radius 2 is 1.96 bits per heavy atom. The van der Waals surface area contributed by atoms with Crippen LogP contribution in [0.15, 0.2) is 41.8 Å². The van der Waals surface area contributed by atoms with Gasteiger partial charge in [0.25, 0.3) is 17.5 Å². The molecule has 25 heavy (non-hydrogen) atoms. The van der Waals surface area contributed by atoms with Crippen LogP contribution in [0.25, 0.3) is 0 Å². The highest BCUT2D eigenvalue weighted by molar-refractivity contribution is 7.12. The number of nitrogens with zero attached hydrogens (tertiary/aromatic N) is 2. The zero-order valence-corrected chi connectivity index (χ0v) is 13.7. The van der Waals surface area contributed by atoms with Gasteiger partial charge < -0.3 is 5.32 Å².